The van der Waals surface area contributed by atoms with E-state index in [0.717, 1.165) is 18.3 Å². The topological polar surface area (TPSA) is 26.3 Å². The molecule has 19 heavy (non-hydrogen) atoms. The van der Waals surface area contributed by atoms with E-state index in [1.807, 2.05) is 0 Å². The van der Waals surface area contributed by atoms with Crippen LogP contribution < -0.4 is 0 Å². The number of fused-ring (bicyclic) bond motifs is 1. The minimum atomic E-state index is -0.232. The van der Waals surface area contributed by atoms with Gasteiger partial charge in [-0.05, 0) is 61.7 Å². The Labute approximate surface area is 117 Å². The van der Waals surface area contributed by atoms with Crippen molar-refractivity contribution in [1.82, 2.24) is 0 Å². The second-order valence-corrected chi connectivity index (χ2v) is 8.25. The molecule has 3 fully saturated rings. The van der Waals surface area contributed by atoms with Crippen LogP contribution in [-0.4, -0.2) is 11.6 Å². The van der Waals surface area contributed by atoms with Crippen LogP contribution in [0.15, 0.2) is 0 Å². The fourth-order valence-corrected chi connectivity index (χ4v) is 6.31. The Morgan fingerprint density at radius 2 is 1.79 bits per heavy atom. The van der Waals surface area contributed by atoms with Crippen LogP contribution in [-0.2, 0) is 9.53 Å². The highest BCUT2D eigenvalue weighted by Gasteiger charge is 2.68. The number of esters is 1. The molecule has 108 valence electrons. The largest absolute Gasteiger partial charge is 0.459 e. The summed E-state index contributed by atoms with van der Waals surface area (Å²) in [5, 5.41) is 0. The third-order valence-corrected chi connectivity index (χ3v) is 7.15. The van der Waals surface area contributed by atoms with Gasteiger partial charge in [0.2, 0.25) is 0 Å². The minimum Gasteiger partial charge on any atom is -0.459 e. The zero-order chi connectivity index (χ0) is 14.1. The molecule has 3 saturated carbocycles. The maximum Gasteiger partial charge on any atom is 0.303 e. The van der Waals surface area contributed by atoms with Gasteiger partial charge in [0.1, 0.15) is 5.60 Å². The zero-order valence-electron chi connectivity index (χ0n) is 13.1. The lowest BCUT2D eigenvalue weighted by molar-refractivity contribution is -0.171. The van der Waals surface area contributed by atoms with Gasteiger partial charge in [0, 0.05) is 12.8 Å². The van der Waals surface area contributed by atoms with Gasteiger partial charge in [0.05, 0.1) is 0 Å². The second kappa shape index (κ2) is 3.77. The maximum atomic E-state index is 11.5. The molecule has 0 saturated heterocycles. The number of hydrogen-bond acceptors (Lipinski definition) is 2. The van der Waals surface area contributed by atoms with Crippen molar-refractivity contribution in [3.8, 4) is 0 Å². The molecule has 0 aromatic carbocycles. The fraction of sp³-hybridized carbons (Fsp3) is 0.941. The molecular formula is C17H28O2. The van der Waals surface area contributed by atoms with Crippen molar-refractivity contribution < 1.29 is 9.53 Å². The van der Waals surface area contributed by atoms with Crippen LogP contribution in [0, 0.1) is 28.6 Å². The molecule has 2 nitrogen and oxygen atoms in total. The zero-order valence-corrected chi connectivity index (χ0v) is 13.1. The van der Waals surface area contributed by atoms with Crippen molar-refractivity contribution in [3.05, 3.63) is 0 Å². The first-order chi connectivity index (χ1) is 8.72. The van der Waals surface area contributed by atoms with Crippen molar-refractivity contribution in [2.75, 3.05) is 0 Å². The summed E-state index contributed by atoms with van der Waals surface area (Å²) in [4.78, 5) is 11.5. The molecule has 0 heterocycles. The smallest absolute Gasteiger partial charge is 0.303 e. The molecule has 0 radical (unpaired) electrons. The standard InChI is InChI=1S/C17H28O2/c1-11-6-7-13-15(3,4)14-10-17(11,13)9-8-16(14,5)19-12(2)18/h11,13-14H,6-10H2,1-5H3/t11-,13+,14?,16?,17+/m1/s1. The van der Waals surface area contributed by atoms with Crippen LogP contribution in [0.25, 0.3) is 0 Å². The number of carbonyl (C=O) groups is 1. The molecule has 0 aromatic heterocycles. The van der Waals surface area contributed by atoms with Crippen molar-refractivity contribution in [2.24, 2.45) is 28.6 Å². The molecule has 3 aliphatic rings. The maximum absolute atomic E-state index is 11.5. The molecule has 5 atom stereocenters. The summed E-state index contributed by atoms with van der Waals surface area (Å²) in [5.74, 6) is 2.10. The Balaban J connectivity index is 1.99. The molecule has 2 unspecified atom stereocenters. The lowest BCUT2D eigenvalue weighted by Gasteiger charge is -2.46. The average molecular weight is 264 g/mol. The van der Waals surface area contributed by atoms with Gasteiger partial charge in [0.25, 0.3) is 0 Å². The average Bonchev–Trinajstić information content (AvgIpc) is 2.69. The van der Waals surface area contributed by atoms with Crippen LogP contribution in [0.2, 0.25) is 0 Å². The highest BCUT2D eigenvalue weighted by molar-refractivity contribution is 5.66. The van der Waals surface area contributed by atoms with E-state index in [1.54, 1.807) is 6.92 Å². The van der Waals surface area contributed by atoms with Crippen molar-refractivity contribution in [3.63, 3.8) is 0 Å². The fourth-order valence-electron chi connectivity index (χ4n) is 6.31. The summed E-state index contributed by atoms with van der Waals surface area (Å²) >= 11 is 0. The molecule has 3 rings (SSSR count). The predicted octanol–water partition coefficient (Wildman–Crippen LogP) is 4.18. The quantitative estimate of drug-likeness (QED) is 0.664. The summed E-state index contributed by atoms with van der Waals surface area (Å²) in [6, 6.07) is 0. The van der Waals surface area contributed by atoms with Gasteiger partial charge < -0.3 is 4.74 Å². The van der Waals surface area contributed by atoms with Crippen LogP contribution in [0.1, 0.15) is 66.7 Å². The lowest BCUT2D eigenvalue weighted by Crippen LogP contribution is -2.47. The normalized spacial score (nSPS) is 50.9. The van der Waals surface area contributed by atoms with Gasteiger partial charge in [-0.1, -0.05) is 20.8 Å². The van der Waals surface area contributed by atoms with E-state index >= 15 is 0 Å². The minimum absolute atomic E-state index is 0.112. The molecule has 2 heteroatoms. The van der Waals surface area contributed by atoms with Gasteiger partial charge in [-0.2, -0.15) is 0 Å². The number of carbonyl (C=O) groups excluding carboxylic acids is 1. The molecule has 0 aromatic rings. The third-order valence-electron chi connectivity index (χ3n) is 7.15. The van der Waals surface area contributed by atoms with E-state index in [2.05, 4.69) is 27.7 Å². The van der Waals surface area contributed by atoms with Gasteiger partial charge in [-0.3, -0.25) is 4.79 Å². The van der Waals surface area contributed by atoms with Crippen LogP contribution >= 0.6 is 0 Å². The Hall–Kier alpha value is -0.530. The van der Waals surface area contributed by atoms with Crippen LogP contribution in [0.3, 0.4) is 0 Å². The third kappa shape index (κ3) is 1.58. The molecule has 2 bridgehead atoms. The Morgan fingerprint density at radius 1 is 1.11 bits per heavy atom. The number of ether oxygens (including phenoxy) is 1. The van der Waals surface area contributed by atoms with E-state index in [9.17, 15) is 4.79 Å². The van der Waals surface area contributed by atoms with Gasteiger partial charge >= 0.3 is 5.97 Å². The molecule has 0 N–H and O–H groups in total. The monoisotopic (exact) mass is 264 g/mol. The van der Waals surface area contributed by atoms with E-state index in [-0.39, 0.29) is 11.6 Å². The number of hydrogen-bond donors (Lipinski definition) is 0. The van der Waals surface area contributed by atoms with Gasteiger partial charge in [-0.25, -0.2) is 0 Å². The summed E-state index contributed by atoms with van der Waals surface area (Å²) in [6.07, 6.45) is 6.35. The molecule has 3 aliphatic carbocycles. The van der Waals surface area contributed by atoms with Gasteiger partial charge in [0.15, 0.2) is 0 Å². The number of rotatable bonds is 1. The highest BCUT2D eigenvalue weighted by atomic mass is 16.6. The first kappa shape index (κ1) is 13.5. The Bertz CT molecular complexity index is 413. The first-order valence-corrected chi connectivity index (χ1v) is 7.92. The van der Waals surface area contributed by atoms with Crippen molar-refractivity contribution in [1.29, 1.82) is 0 Å². The summed E-state index contributed by atoms with van der Waals surface area (Å²) in [6.45, 7) is 11.0. The summed E-state index contributed by atoms with van der Waals surface area (Å²) < 4.78 is 5.80. The van der Waals surface area contributed by atoms with Crippen molar-refractivity contribution >= 4 is 5.97 Å². The summed E-state index contributed by atoms with van der Waals surface area (Å²) in [5.41, 5.74) is 0.629. The highest BCUT2D eigenvalue weighted by Crippen LogP contribution is 2.73. The molecular weight excluding hydrogens is 236 g/mol. The van der Waals surface area contributed by atoms with E-state index < -0.39 is 0 Å². The Morgan fingerprint density at radius 3 is 2.42 bits per heavy atom. The van der Waals surface area contributed by atoms with Crippen LogP contribution in [0.4, 0.5) is 0 Å². The van der Waals surface area contributed by atoms with Crippen molar-refractivity contribution in [2.45, 2.75) is 72.3 Å². The predicted molar refractivity (Wildman–Crippen MR) is 75.6 cm³/mol. The van der Waals surface area contributed by atoms with Crippen LogP contribution in [0.5, 0.6) is 0 Å². The van der Waals surface area contributed by atoms with Gasteiger partial charge in [-0.15, -0.1) is 0 Å². The van der Waals surface area contributed by atoms with E-state index in [4.69, 9.17) is 4.74 Å². The SMILES string of the molecule is CC(=O)OC1(C)CC[C@@]23CC1C(C)(C)[C@@H]2CC[C@H]3C. The summed E-state index contributed by atoms with van der Waals surface area (Å²) in [7, 11) is 0. The lowest BCUT2D eigenvalue weighted by atomic mass is 9.64. The van der Waals surface area contributed by atoms with E-state index in [0.29, 0.717) is 16.7 Å². The molecule has 1 spiro atoms. The van der Waals surface area contributed by atoms with E-state index in [1.165, 1.54) is 25.7 Å². The molecule has 0 amide bonds. The second-order valence-electron chi connectivity index (χ2n) is 8.25. The Kier molecular flexibility index (Phi) is 2.67. The molecule has 0 aliphatic heterocycles. The first-order valence-electron chi connectivity index (χ1n) is 7.92.